The lowest BCUT2D eigenvalue weighted by Crippen LogP contribution is -2.28. The summed E-state index contributed by atoms with van der Waals surface area (Å²) in [5, 5.41) is 9.56. The number of nitrogens with zero attached hydrogens (tertiary/aromatic N) is 2. The first kappa shape index (κ1) is 15.4. The second kappa shape index (κ2) is 7.11. The zero-order valence-corrected chi connectivity index (χ0v) is 11.9. The van der Waals surface area contributed by atoms with Gasteiger partial charge in [0.15, 0.2) is 0 Å². The molecule has 1 aromatic carbocycles. The van der Waals surface area contributed by atoms with E-state index in [1.165, 1.54) is 0 Å². The molecule has 0 radical (unpaired) electrons. The van der Waals surface area contributed by atoms with E-state index in [4.69, 9.17) is 0 Å². The average molecular weight is 301 g/mol. The van der Waals surface area contributed by atoms with Gasteiger partial charge in [-0.3, -0.25) is 14.6 Å². The van der Waals surface area contributed by atoms with Gasteiger partial charge in [0.2, 0.25) is 5.91 Å². The number of hydrogen-bond acceptors (Lipinski definition) is 5. The third-order valence-corrected chi connectivity index (χ3v) is 2.95. The summed E-state index contributed by atoms with van der Waals surface area (Å²) in [5.41, 5.74) is 3.15. The smallest absolute Gasteiger partial charge is 0.273 e. The molecule has 0 saturated heterocycles. The minimum absolute atomic E-state index is 0.0350. The van der Waals surface area contributed by atoms with Crippen LogP contribution in [-0.4, -0.2) is 27.3 Å². The summed E-state index contributed by atoms with van der Waals surface area (Å²) >= 11 is 0. The van der Waals surface area contributed by atoms with Crippen LogP contribution in [0.25, 0.3) is 0 Å². The number of amides is 1. The van der Waals surface area contributed by atoms with Gasteiger partial charge in [-0.1, -0.05) is 24.3 Å². The summed E-state index contributed by atoms with van der Waals surface area (Å²) in [6.07, 6.45) is 1.70. The first-order valence-electron chi connectivity index (χ1n) is 6.61. The number of rotatable bonds is 5. The average Bonchev–Trinajstić information content (AvgIpc) is 2.48. The van der Waals surface area contributed by atoms with Crippen LogP contribution in [0.3, 0.4) is 0 Å². The molecule has 0 saturated carbocycles. The highest BCUT2D eigenvalue weighted by molar-refractivity contribution is 5.83. The highest BCUT2D eigenvalue weighted by atomic mass is 16.2. The fourth-order valence-electron chi connectivity index (χ4n) is 1.73. The van der Waals surface area contributed by atoms with Crippen LogP contribution in [0.4, 0.5) is 0 Å². The van der Waals surface area contributed by atoms with Gasteiger partial charge in [0.1, 0.15) is 5.69 Å². The molecule has 0 unspecified atom stereocenters. The molecule has 2 rings (SSSR count). The number of hydrogen-bond donors (Lipinski definition) is 3. The van der Waals surface area contributed by atoms with E-state index in [0.29, 0.717) is 0 Å². The molecule has 0 aliphatic carbocycles. The topological polar surface area (TPSA) is 120 Å². The summed E-state index contributed by atoms with van der Waals surface area (Å²) in [4.78, 5) is 35.9. The SMILES string of the molecule is Cc1ccccc1/C=N/NC(=O)CCc1n[nH]c(=O)[nH]c1=O. The van der Waals surface area contributed by atoms with Gasteiger partial charge in [0, 0.05) is 12.8 Å². The largest absolute Gasteiger partial charge is 0.342 e. The normalized spacial score (nSPS) is 10.8. The van der Waals surface area contributed by atoms with Crippen LogP contribution < -0.4 is 16.7 Å². The van der Waals surface area contributed by atoms with Gasteiger partial charge in [-0.05, 0) is 18.1 Å². The fraction of sp³-hybridized carbons (Fsp3) is 0.214. The summed E-state index contributed by atoms with van der Waals surface area (Å²) in [6, 6.07) is 7.62. The third-order valence-electron chi connectivity index (χ3n) is 2.95. The van der Waals surface area contributed by atoms with Crippen LogP contribution in [-0.2, 0) is 11.2 Å². The molecular weight excluding hydrogens is 286 g/mol. The van der Waals surface area contributed by atoms with Crippen molar-refractivity contribution < 1.29 is 4.79 Å². The lowest BCUT2D eigenvalue weighted by atomic mass is 10.1. The van der Waals surface area contributed by atoms with Crippen molar-refractivity contribution in [1.82, 2.24) is 20.6 Å². The number of nitrogens with one attached hydrogen (secondary N) is 3. The Morgan fingerprint density at radius 2 is 2.14 bits per heavy atom. The molecule has 0 spiro atoms. The van der Waals surface area contributed by atoms with Crippen LogP contribution in [0.5, 0.6) is 0 Å². The summed E-state index contributed by atoms with van der Waals surface area (Å²) < 4.78 is 0. The van der Waals surface area contributed by atoms with Gasteiger partial charge in [-0.25, -0.2) is 15.3 Å². The first-order chi connectivity index (χ1) is 10.6. The van der Waals surface area contributed by atoms with Crippen LogP contribution in [0, 0.1) is 6.92 Å². The van der Waals surface area contributed by atoms with Gasteiger partial charge in [-0.15, -0.1) is 0 Å². The summed E-state index contributed by atoms with van der Waals surface area (Å²) in [5.74, 6) is -0.350. The molecule has 0 bridgehead atoms. The van der Waals surface area contributed by atoms with E-state index in [2.05, 4.69) is 20.7 Å². The highest BCUT2D eigenvalue weighted by Gasteiger charge is 2.06. The molecule has 8 heteroatoms. The van der Waals surface area contributed by atoms with Crippen molar-refractivity contribution in [2.24, 2.45) is 5.10 Å². The molecule has 2 aromatic rings. The van der Waals surface area contributed by atoms with E-state index in [1.54, 1.807) is 6.21 Å². The molecule has 0 aliphatic rings. The number of carbonyl (C=O) groups is 1. The van der Waals surface area contributed by atoms with Crippen molar-refractivity contribution in [1.29, 1.82) is 0 Å². The Balaban J connectivity index is 1.87. The summed E-state index contributed by atoms with van der Waals surface area (Å²) in [7, 11) is 0. The van der Waals surface area contributed by atoms with E-state index in [0.717, 1.165) is 11.1 Å². The number of aryl methyl sites for hydroxylation is 2. The van der Waals surface area contributed by atoms with Crippen molar-refractivity contribution in [2.45, 2.75) is 19.8 Å². The minimum atomic E-state index is -0.680. The highest BCUT2D eigenvalue weighted by Crippen LogP contribution is 2.03. The minimum Gasteiger partial charge on any atom is -0.273 e. The second-order valence-electron chi connectivity index (χ2n) is 4.60. The third kappa shape index (κ3) is 4.23. The van der Waals surface area contributed by atoms with E-state index >= 15 is 0 Å². The predicted molar refractivity (Wildman–Crippen MR) is 80.7 cm³/mol. The maximum absolute atomic E-state index is 11.6. The van der Waals surface area contributed by atoms with E-state index in [1.807, 2.05) is 36.2 Å². The maximum atomic E-state index is 11.6. The molecule has 8 nitrogen and oxygen atoms in total. The Labute approximate surface area is 125 Å². The zero-order chi connectivity index (χ0) is 15.9. The molecule has 3 N–H and O–H groups in total. The number of aromatic nitrogens is 3. The van der Waals surface area contributed by atoms with Gasteiger partial charge >= 0.3 is 5.69 Å². The predicted octanol–water partition coefficient (Wildman–Crippen LogP) is -0.150. The van der Waals surface area contributed by atoms with E-state index in [9.17, 15) is 14.4 Å². The number of carbonyl (C=O) groups excluding carboxylic acids is 1. The van der Waals surface area contributed by atoms with Crippen LogP contribution in [0.1, 0.15) is 23.2 Å². The molecule has 1 amide bonds. The molecule has 114 valence electrons. The molecule has 1 aromatic heterocycles. The molecule has 0 aliphatic heterocycles. The fourth-order valence-corrected chi connectivity index (χ4v) is 1.73. The van der Waals surface area contributed by atoms with Crippen molar-refractivity contribution in [2.75, 3.05) is 0 Å². The Kier molecular flexibility index (Phi) is 4.97. The van der Waals surface area contributed by atoms with Gasteiger partial charge in [-0.2, -0.15) is 10.2 Å². The van der Waals surface area contributed by atoms with Gasteiger partial charge in [0.05, 0.1) is 6.21 Å². The molecular formula is C14H15N5O3. The Morgan fingerprint density at radius 3 is 2.86 bits per heavy atom. The lowest BCUT2D eigenvalue weighted by molar-refractivity contribution is -0.121. The second-order valence-corrected chi connectivity index (χ2v) is 4.60. The maximum Gasteiger partial charge on any atom is 0.342 e. The van der Waals surface area contributed by atoms with E-state index in [-0.39, 0.29) is 24.4 Å². The van der Waals surface area contributed by atoms with Crippen molar-refractivity contribution in [3.05, 3.63) is 61.9 Å². The lowest BCUT2D eigenvalue weighted by Gasteiger charge is -2.00. The Bertz CT molecular complexity index is 806. The first-order valence-corrected chi connectivity index (χ1v) is 6.61. The van der Waals surface area contributed by atoms with Crippen molar-refractivity contribution in [3.63, 3.8) is 0 Å². The van der Waals surface area contributed by atoms with Crippen molar-refractivity contribution >= 4 is 12.1 Å². The Morgan fingerprint density at radius 1 is 1.36 bits per heavy atom. The molecule has 1 heterocycles. The number of H-pyrrole nitrogens is 2. The van der Waals surface area contributed by atoms with Gasteiger partial charge in [0.25, 0.3) is 5.56 Å². The van der Waals surface area contributed by atoms with E-state index < -0.39 is 11.2 Å². The standard InChI is InChI=1S/C14H15N5O3/c1-9-4-2-3-5-10(9)8-15-18-12(20)7-6-11-13(21)16-14(22)19-17-11/h2-5,8H,6-7H2,1H3,(H,18,20)(H2,16,19,21,22)/b15-8+. The Hall–Kier alpha value is -3.03. The van der Waals surface area contributed by atoms with Crippen LogP contribution in [0.2, 0.25) is 0 Å². The summed E-state index contributed by atoms with van der Waals surface area (Å²) in [6.45, 7) is 1.94. The molecule has 0 atom stereocenters. The molecule has 0 fully saturated rings. The van der Waals surface area contributed by atoms with Gasteiger partial charge < -0.3 is 0 Å². The molecule has 22 heavy (non-hydrogen) atoms. The number of benzene rings is 1. The number of aromatic amines is 2. The number of hydrazone groups is 1. The monoisotopic (exact) mass is 301 g/mol. The van der Waals surface area contributed by atoms with Crippen LogP contribution >= 0.6 is 0 Å². The quantitative estimate of drug-likeness (QED) is 0.525. The van der Waals surface area contributed by atoms with Crippen LogP contribution in [0.15, 0.2) is 39.0 Å². The van der Waals surface area contributed by atoms with Crippen molar-refractivity contribution in [3.8, 4) is 0 Å². The zero-order valence-electron chi connectivity index (χ0n) is 11.9.